The lowest BCUT2D eigenvalue weighted by Crippen LogP contribution is -2.42. The van der Waals surface area contributed by atoms with Crippen molar-refractivity contribution >= 4 is 5.91 Å². The maximum atomic E-state index is 12.5. The highest BCUT2D eigenvalue weighted by molar-refractivity contribution is 5.94. The second kappa shape index (κ2) is 6.82. The van der Waals surface area contributed by atoms with E-state index in [1.807, 2.05) is 18.2 Å². The Hall–Kier alpha value is -2.36. The van der Waals surface area contributed by atoms with Crippen molar-refractivity contribution in [2.75, 3.05) is 0 Å². The van der Waals surface area contributed by atoms with Gasteiger partial charge in [0.2, 0.25) is 0 Å². The maximum absolute atomic E-state index is 12.5. The number of nitrogens with one attached hydrogen (secondary N) is 2. The van der Waals surface area contributed by atoms with E-state index in [1.165, 1.54) is 12.0 Å². The molecular weight excluding hydrogens is 288 g/mol. The molecule has 1 aromatic carbocycles. The molecule has 3 rings (SSSR count). The molecule has 0 spiro atoms. The quantitative estimate of drug-likeness (QED) is 0.915. The van der Waals surface area contributed by atoms with Crippen LogP contribution in [0.2, 0.25) is 0 Å². The van der Waals surface area contributed by atoms with Crippen LogP contribution >= 0.6 is 0 Å². The van der Waals surface area contributed by atoms with Crippen LogP contribution in [0, 0.1) is 6.92 Å². The van der Waals surface area contributed by atoms with Crippen molar-refractivity contribution in [3.05, 3.63) is 69.6 Å². The number of aryl methyl sites for hydroxylation is 1. The van der Waals surface area contributed by atoms with Crippen LogP contribution in [0.4, 0.5) is 0 Å². The largest absolute Gasteiger partial charge is 0.349 e. The van der Waals surface area contributed by atoms with Gasteiger partial charge in [-0.2, -0.15) is 0 Å². The molecule has 1 heterocycles. The molecular formula is C19H22N2O2. The third-order valence-electron chi connectivity index (χ3n) is 4.61. The van der Waals surface area contributed by atoms with Gasteiger partial charge in [0, 0.05) is 17.7 Å². The fraction of sp³-hybridized carbons (Fsp3) is 0.368. The number of H-pyrrole nitrogens is 1. The Labute approximate surface area is 135 Å². The molecule has 0 bridgehead atoms. The summed E-state index contributed by atoms with van der Waals surface area (Å²) in [6.45, 7) is 1.80. The van der Waals surface area contributed by atoms with Crippen LogP contribution in [0.1, 0.15) is 53.2 Å². The molecule has 4 nitrogen and oxygen atoms in total. The third-order valence-corrected chi connectivity index (χ3v) is 4.61. The zero-order valence-electron chi connectivity index (χ0n) is 13.3. The minimum atomic E-state index is -0.324. The van der Waals surface area contributed by atoms with Gasteiger partial charge in [-0.25, -0.2) is 0 Å². The van der Waals surface area contributed by atoms with Gasteiger partial charge in [-0.3, -0.25) is 9.59 Å². The van der Waals surface area contributed by atoms with Gasteiger partial charge >= 0.3 is 0 Å². The molecule has 4 heteroatoms. The number of aromatic amines is 1. The second-order valence-corrected chi connectivity index (χ2v) is 6.27. The van der Waals surface area contributed by atoms with Gasteiger partial charge in [0.25, 0.3) is 11.5 Å². The Morgan fingerprint density at radius 3 is 2.57 bits per heavy atom. The van der Waals surface area contributed by atoms with E-state index in [9.17, 15) is 9.59 Å². The Balaban J connectivity index is 1.79. The molecule has 1 aliphatic carbocycles. The molecule has 1 aliphatic rings. The zero-order chi connectivity index (χ0) is 16.2. The number of carbonyl (C=O) groups is 1. The Bertz CT molecular complexity index is 737. The lowest BCUT2D eigenvalue weighted by Gasteiger charge is -2.32. The van der Waals surface area contributed by atoms with E-state index in [0.717, 1.165) is 25.0 Å². The Morgan fingerprint density at radius 2 is 1.83 bits per heavy atom. The third kappa shape index (κ3) is 3.52. The Morgan fingerprint density at radius 1 is 1.09 bits per heavy atom. The van der Waals surface area contributed by atoms with Gasteiger partial charge in [-0.1, -0.05) is 43.2 Å². The van der Waals surface area contributed by atoms with E-state index in [2.05, 4.69) is 22.4 Å². The molecule has 1 aromatic heterocycles. The normalized spacial score (nSPS) is 20.9. The van der Waals surface area contributed by atoms with Crippen molar-refractivity contribution in [1.82, 2.24) is 10.3 Å². The molecule has 2 aromatic rings. The molecule has 2 N–H and O–H groups in total. The minimum absolute atomic E-state index is 0.0827. The van der Waals surface area contributed by atoms with Crippen molar-refractivity contribution in [3.8, 4) is 0 Å². The summed E-state index contributed by atoms with van der Waals surface area (Å²) < 4.78 is 0. The van der Waals surface area contributed by atoms with E-state index in [1.54, 1.807) is 19.1 Å². The summed E-state index contributed by atoms with van der Waals surface area (Å²) in [5, 5.41) is 3.09. The van der Waals surface area contributed by atoms with E-state index in [0.29, 0.717) is 5.92 Å². The van der Waals surface area contributed by atoms with Gasteiger partial charge in [-0.15, -0.1) is 0 Å². The molecule has 0 aliphatic heterocycles. The molecule has 1 amide bonds. The van der Waals surface area contributed by atoms with Crippen molar-refractivity contribution in [1.29, 1.82) is 0 Å². The predicted molar refractivity (Wildman–Crippen MR) is 90.7 cm³/mol. The molecule has 2 atom stereocenters. The zero-order valence-corrected chi connectivity index (χ0v) is 13.3. The van der Waals surface area contributed by atoms with Gasteiger partial charge < -0.3 is 10.3 Å². The summed E-state index contributed by atoms with van der Waals surface area (Å²) in [7, 11) is 0. The highest BCUT2D eigenvalue weighted by Crippen LogP contribution is 2.33. The van der Waals surface area contributed by atoms with Crippen LogP contribution in [-0.2, 0) is 0 Å². The van der Waals surface area contributed by atoms with Crippen LogP contribution in [0.3, 0.4) is 0 Å². The number of carbonyl (C=O) groups excluding carboxylic acids is 1. The van der Waals surface area contributed by atoms with Crippen molar-refractivity contribution < 1.29 is 4.79 Å². The van der Waals surface area contributed by atoms with Crippen LogP contribution < -0.4 is 10.9 Å². The fourth-order valence-corrected chi connectivity index (χ4v) is 3.40. The first-order chi connectivity index (χ1) is 11.1. The Kier molecular flexibility index (Phi) is 4.60. The molecule has 1 fully saturated rings. The highest BCUT2D eigenvalue weighted by Gasteiger charge is 2.28. The maximum Gasteiger partial charge on any atom is 0.260 e. The lowest BCUT2D eigenvalue weighted by atomic mass is 9.80. The van der Waals surface area contributed by atoms with Gasteiger partial charge in [0.15, 0.2) is 0 Å². The SMILES string of the molecule is Cc1ccc(C(=O)N[C@H]2CCCC[C@H]2c2ccccc2)c(=O)[nH]1. The van der Waals surface area contributed by atoms with Crippen LogP contribution in [-0.4, -0.2) is 16.9 Å². The summed E-state index contributed by atoms with van der Waals surface area (Å²) in [6, 6.07) is 13.8. The van der Waals surface area contributed by atoms with Crippen LogP contribution in [0.25, 0.3) is 0 Å². The van der Waals surface area contributed by atoms with E-state index in [4.69, 9.17) is 0 Å². The number of rotatable bonds is 3. The van der Waals surface area contributed by atoms with Gasteiger partial charge in [0.05, 0.1) is 0 Å². The second-order valence-electron chi connectivity index (χ2n) is 6.27. The average molecular weight is 310 g/mol. The van der Waals surface area contributed by atoms with E-state index < -0.39 is 0 Å². The van der Waals surface area contributed by atoms with E-state index >= 15 is 0 Å². The number of hydrogen-bond donors (Lipinski definition) is 2. The van der Waals surface area contributed by atoms with Crippen molar-refractivity contribution in [2.45, 2.75) is 44.6 Å². The summed E-state index contributed by atoms with van der Waals surface area (Å²) in [5.74, 6) is 0.0394. The highest BCUT2D eigenvalue weighted by atomic mass is 16.2. The topological polar surface area (TPSA) is 62.0 Å². The molecule has 23 heavy (non-hydrogen) atoms. The first kappa shape index (κ1) is 15.5. The average Bonchev–Trinajstić information content (AvgIpc) is 2.56. The summed E-state index contributed by atoms with van der Waals surface area (Å²) in [5.41, 5.74) is 1.88. The monoisotopic (exact) mass is 310 g/mol. The fourth-order valence-electron chi connectivity index (χ4n) is 3.40. The number of benzene rings is 1. The molecule has 0 unspecified atom stereocenters. The summed E-state index contributed by atoms with van der Waals surface area (Å²) in [6.07, 6.45) is 4.31. The number of hydrogen-bond acceptors (Lipinski definition) is 2. The number of amides is 1. The minimum Gasteiger partial charge on any atom is -0.349 e. The van der Waals surface area contributed by atoms with Gasteiger partial charge in [-0.05, 0) is 37.5 Å². The summed E-state index contributed by atoms with van der Waals surface area (Å²) in [4.78, 5) is 27.1. The van der Waals surface area contributed by atoms with E-state index in [-0.39, 0.29) is 23.1 Å². The first-order valence-corrected chi connectivity index (χ1v) is 8.21. The smallest absolute Gasteiger partial charge is 0.260 e. The standard InChI is InChI=1S/C19H22N2O2/c1-13-11-12-16(18(22)20-13)19(23)21-17-10-6-5-9-15(17)14-7-3-2-4-8-14/h2-4,7-8,11-12,15,17H,5-6,9-10H2,1H3,(H,20,22)(H,21,23)/t15-,17-/m0/s1. The van der Waals surface area contributed by atoms with Gasteiger partial charge in [0.1, 0.15) is 5.56 Å². The molecule has 0 radical (unpaired) electrons. The van der Waals surface area contributed by atoms with Crippen LogP contribution in [0.15, 0.2) is 47.3 Å². The van der Waals surface area contributed by atoms with Crippen molar-refractivity contribution in [3.63, 3.8) is 0 Å². The molecule has 120 valence electrons. The number of pyridine rings is 1. The molecule has 0 saturated heterocycles. The summed E-state index contributed by atoms with van der Waals surface area (Å²) >= 11 is 0. The lowest BCUT2D eigenvalue weighted by molar-refractivity contribution is 0.0919. The van der Waals surface area contributed by atoms with Crippen LogP contribution in [0.5, 0.6) is 0 Å². The number of aromatic nitrogens is 1. The van der Waals surface area contributed by atoms with Crippen molar-refractivity contribution in [2.24, 2.45) is 0 Å². The predicted octanol–water partition coefficient (Wildman–Crippen LogP) is 3.14. The molecule has 1 saturated carbocycles. The first-order valence-electron chi connectivity index (χ1n) is 8.21.